The highest BCUT2D eigenvalue weighted by molar-refractivity contribution is 5.74. The Bertz CT molecular complexity index is 736. The van der Waals surface area contributed by atoms with Gasteiger partial charge in [0.1, 0.15) is 6.54 Å². The van der Waals surface area contributed by atoms with Gasteiger partial charge in [0.25, 0.3) is 0 Å². The third-order valence-corrected chi connectivity index (χ3v) is 5.09. The van der Waals surface area contributed by atoms with Crippen LogP contribution in [0.5, 0.6) is 0 Å². The Morgan fingerprint density at radius 1 is 1.25 bits per heavy atom. The molecule has 1 atom stereocenters. The average Bonchev–Trinajstić information content (AvgIpc) is 3.12. The fourth-order valence-corrected chi connectivity index (χ4v) is 3.69. The van der Waals surface area contributed by atoms with E-state index in [2.05, 4.69) is 54.2 Å². The summed E-state index contributed by atoms with van der Waals surface area (Å²) in [7, 11) is 0. The van der Waals surface area contributed by atoms with Crippen LogP contribution in [0.1, 0.15) is 33.3 Å². The van der Waals surface area contributed by atoms with Gasteiger partial charge in [0.05, 0.1) is 19.8 Å². The molecular formula is C21H30N4O3. The lowest BCUT2D eigenvalue weighted by Crippen LogP contribution is -2.62. The largest absolute Gasteiger partial charge is 0.448 e. The molecule has 1 saturated heterocycles. The molecule has 0 aliphatic carbocycles. The highest BCUT2D eigenvalue weighted by atomic mass is 16.6. The lowest BCUT2D eigenvalue weighted by atomic mass is 9.80. The fraction of sp³-hybridized carbons (Fsp3) is 0.571. The summed E-state index contributed by atoms with van der Waals surface area (Å²) in [4.78, 5) is 15.0. The minimum atomic E-state index is -0.797. The Hall–Kier alpha value is -2.25. The number of hydrogen-bond acceptors (Lipinski definition) is 6. The topological polar surface area (TPSA) is 66.7 Å². The standard InChI is InChI=1S/C21H30N4O3/c1-5-28-19(26)25-21(16-22-23-25,24-11-13-27-14-12-24)15-18(20(2,3)4)17-9-7-6-8-10-17/h6-10,15H,5,11-14,16H2,1-4H3/b18-15+. The second kappa shape index (κ2) is 8.41. The van der Waals surface area contributed by atoms with Gasteiger partial charge in [-0.3, -0.25) is 4.90 Å². The average molecular weight is 386 g/mol. The van der Waals surface area contributed by atoms with E-state index in [1.165, 1.54) is 5.01 Å². The number of amides is 1. The Balaban J connectivity index is 2.12. The minimum absolute atomic E-state index is 0.135. The predicted molar refractivity (Wildman–Crippen MR) is 108 cm³/mol. The van der Waals surface area contributed by atoms with Crippen LogP contribution in [0.2, 0.25) is 0 Å². The van der Waals surface area contributed by atoms with Crippen molar-refractivity contribution >= 4 is 11.7 Å². The number of carbonyl (C=O) groups excluding carboxylic acids is 1. The molecule has 0 aromatic heterocycles. The summed E-state index contributed by atoms with van der Waals surface area (Å²) in [5.41, 5.74) is 1.33. The zero-order valence-electron chi connectivity index (χ0n) is 17.2. The van der Waals surface area contributed by atoms with Gasteiger partial charge in [-0.15, -0.1) is 0 Å². The van der Waals surface area contributed by atoms with Crippen molar-refractivity contribution in [3.63, 3.8) is 0 Å². The van der Waals surface area contributed by atoms with Gasteiger partial charge in [-0.05, 0) is 29.6 Å². The zero-order valence-corrected chi connectivity index (χ0v) is 17.2. The number of carbonyl (C=O) groups is 1. The van der Waals surface area contributed by atoms with Crippen LogP contribution in [0.15, 0.2) is 46.7 Å². The first-order chi connectivity index (χ1) is 13.4. The molecule has 0 spiro atoms. The van der Waals surface area contributed by atoms with E-state index < -0.39 is 11.8 Å². The van der Waals surface area contributed by atoms with E-state index in [-0.39, 0.29) is 5.41 Å². The molecule has 2 heterocycles. The smallest absolute Gasteiger partial charge is 0.433 e. The molecule has 0 radical (unpaired) electrons. The molecule has 0 bridgehead atoms. The molecule has 2 aliphatic heterocycles. The van der Waals surface area contributed by atoms with Gasteiger partial charge >= 0.3 is 6.09 Å². The van der Waals surface area contributed by atoms with Crippen LogP contribution in [0.3, 0.4) is 0 Å². The van der Waals surface area contributed by atoms with Crippen molar-refractivity contribution < 1.29 is 14.3 Å². The van der Waals surface area contributed by atoms with E-state index in [9.17, 15) is 4.79 Å². The van der Waals surface area contributed by atoms with E-state index in [1.54, 1.807) is 6.92 Å². The first kappa shape index (κ1) is 20.5. The molecule has 0 saturated carbocycles. The van der Waals surface area contributed by atoms with Gasteiger partial charge in [0, 0.05) is 13.1 Å². The second-order valence-electron chi connectivity index (χ2n) is 8.05. The maximum Gasteiger partial charge on any atom is 0.433 e. The van der Waals surface area contributed by atoms with Crippen LogP contribution in [-0.4, -0.2) is 61.1 Å². The van der Waals surface area contributed by atoms with Gasteiger partial charge in [0.15, 0.2) is 5.66 Å². The number of morpholine rings is 1. The number of hydrogen-bond donors (Lipinski definition) is 0. The van der Waals surface area contributed by atoms with Crippen LogP contribution in [0.25, 0.3) is 5.57 Å². The molecule has 2 aliphatic rings. The zero-order chi connectivity index (χ0) is 20.2. The second-order valence-corrected chi connectivity index (χ2v) is 8.05. The summed E-state index contributed by atoms with van der Waals surface area (Å²) in [6.07, 6.45) is 1.68. The summed E-state index contributed by atoms with van der Waals surface area (Å²) in [6.45, 7) is 11.6. The summed E-state index contributed by atoms with van der Waals surface area (Å²) < 4.78 is 10.8. The van der Waals surface area contributed by atoms with E-state index in [0.717, 1.165) is 11.1 Å². The van der Waals surface area contributed by atoms with Crippen molar-refractivity contribution in [1.82, 2.24) is 9.91 Å². The van der Waals surface area contributed by atoms with Crippen molar-refractivity contribution in [3.8, 4) is 0 Å². The first-order valence-corrected chi connectivity index (χ1v) is 9.84. The molecule has 1 amide bonds. The highest BCUT2D eigenvalue weighted by Crippen LogP contribution is 2.40. The molecular weight excluding hydrogens is 356 g/mol. The van der Waals surface area contributed by atoms with Crippen LogP contribution in [0, 0.1) is 5.41 Å². The number of rotatable bonds is 4. The van der Waals surface area contributed by atoms with Crippen molar-refractivity contribution in [2.45, 2.75) is 33.4 Å². The molecule has 1 aromatic carbocycles. The van der Waals surface area contributed by atoms with E-state index in [4.69, 9.17) is 9.47 Å². The Morgan fingerprint density at radius 2 is 1.93 bits per heavy atom. The van der Waals surface area contributed by atoms with Gasteiger partial charge in [-0.25, -0.2) is 4.79 Å². The van der Waals surface area contributed by atoms with Crippen molar-refractivity contribution in [3.05, 3.63) is 42.0 Å². The lowest BCUT2D eigenvalue weighted by molar-refractivity contribution is -0.0537. The minimum Gasteiger partial charge on any atom is -0.448 e. The third kappa shape index (κ3) is 4.10. The quantitative estimate of drug-likeness (QED) is 0.785. The Morgan fingerprint density at radius 3 is 2.54 bits per heavy atom. The molecule has 28 heavy (non-hydrogen) atoms. The van der Waals surface area contributed by atoms with Gasteiger partial charge in [-0.2, -0.15) is 10.1 Å². The normalized spacial score (nSPS) is 23.9. The van der Waals surface area contributed by atoms with Crippen LogP contribution in [-0.2, 0) is 9.47 Å². The van der Waals surface area contributed by atoms with Crippen molar-refractivity contribution in [2.75, 3.05) is 39.5 Å². The molecule has 7 nitrogen and oxygen atoms in total. The number of allylic oxidation sites excluding steroid dienone is 1. The SMILES string of the molecule is CCOC(=O)N1N=NCC1(/C=C(\c1ccccc1)C(C)(C)C)N1CCOCC1. The van der Waals surface area contributed by atoms with Gasteiger partial charge in [-0.1, -0.05) is 56.3 Å². The first-order valence-electron chi connectivity index (χ1n) is 9.84. The summed E-state index contributed by atoms with van der Waals surface area (Å²) in [5.74, 6) is 0. The van der Waals surface area contributed by atoms with Crippen molar-refractivity contribution in [2.24, 2.45) is 15.8 Å². The maximum atomic E-state index is 12.7. The summed E-state index contributed by atoms with van der Waals surface area (Å²) in [5, 5.41) is 9.82. The number of benzene rings is 1. The fourth-order valence-electron chi connectivity index (χ4n) is 3.69. The van der Waals surface area contributed by atoms with Crippen LogP contribution < -0.4 is 0 Å². The molecule has 152 valence electrons. The number of nitrogens with zero attached hydrogens (tertiary/aromatic N) is 4. The maximum absolute atomic E-state index is 12.7. The van der Waals surface area contributed by atoms with Crippen LogP contribution >= 0.6 is 0 Å². The lowest BCUT2D eigenvalue weighted by Gasteiger charge is -2.44. The summed E-state index contributed by atoms with van der Waals surface area (Å²) >= 11 is 0. The van der Waals surface area contributed by atoms with Gasteiger partial charge < -0.3 is 9.47 Å². The van der Waals surface area contributed by atoms with E-state index in [1.807, 2.05) is 18.2 Å². The van der Waals surface area contributed by atoms with E-state index >= 15 is 0 Å². The van der Waals surface area contributed by atoms with E-state index in [0.29, 0.717) is 39.5 Å². The molecule has 0 N–H and O–H groups in total. The van der Waals surface area contributed by atoms with Gasteiger partial charge in [0.2, 0.25) is 0 Å². The number of ether oxygens (including phenoxy) is 2. The molecule has 3 rings (SSSR count). The highest BCUT2D eigenvalue weighted by Gasteiger charge is 2.49. The predicted octanol–water partition coefficient (Wildman–Crippen LogP) is 3.98. The van der Waals surface area contributed by atoms with Crippen molar-refractivity contribution in [1.29, 1.82) is 0 Å². The molecule has 1 aromatic rings. The summed E-state index contributed by atoms with van der Waals surface area (Å²) in [6, 6.07) is 10.3. The molecule has 1 unspecified atom stereocenters. The van der Waals surface area contributed by atoms with Crippen LogP contribution in [0.4, 0.5) is 4.79 Å². The third-order valence-electron chi connectivity index (χ3n) is 5.09. The molecule has 1 fully saturated rings. The Kier molecular flexibility index (Phi) is 6.15. The molecule has 7 heteroatoms. The monoisotopic (exact) mass is 386 g/mol. The Labute approximate surface area is 167 Å².